The zero-order valence-corrected chi connectivity index (χ0v) is 17.1. The van der Waals surface area contributed by atoms with E-state index in [0.29, 0.717) is 34.2 Å². The van der Waals surface area contributed by atoms with Crippen LogP contribution in [-0.2, 0) is 6.42 Å². The molecule has 0 radical (unpaired) electrons. The van der Waals surface area contributed by atoms with Gasteiger partial charge in [-0.25, -0.2) is 4.52 Å². The lowest BCUT2D eigenvalue weighted by Crippen LogP contribution is -2.24. The topological polar surface area (TPSA) is 60.1 Å². The molecule has 4 aromatic rings. The zero-order valence-electron chi connectivity index (χ0n) is 15.6. The number of benzene rings is 2. The summed E-state index contributed by atoms with van der Waals surface area (Å²) in [6, 6.07) is 15.2. The SMILES string of the molecule is Cc1nn2c3c(nnc2c1-c1ccc(Cl)cc1)C(=O)CC(c1cccc(Cl)c1)C3. The normalized spacial score (nSPS) is 16.2. The number of fused-ring (bicyclic) bond motifs is 3. The first-order chi connectivity index (χ1) is 14.0. The lowest BCUT2D eigenvalue weighted by Gasteiger charge is -2.23. The molecule has 0 amide bonds. The Balaban J connectivity index is 1.66. The molecule has 7 heteroatoms. The molecule has 2 aromatic carbocycles. The van der Waals surface area contributed by atoms with Gasteiger partial charge in [-0.3, -0.25) is 4.79 Å². The number of nitrogens with zero attached hydrogens (tertiary/aromatic N) is 4. The number of carbonyl (C=O) groups excluding carboxylic acids is 1. The van der Waals surface area contributed by atoms with Crippen molar-refractivity contribution in [2.45, 2.75) is 25.7 Å². The molecule has 0 N–H and O–H groups in total. The summed E-state index contributed by atoms with van der Waals surface area (Å²) in [6.45, 7) is 1.93. The molecule has 0 bridgehead atoms. The number of hydrogen-bond donors (Lipinski definition) is 0. The fourth-order valence-electron chi connectivity index (χ4n) is 4.03. The van der Waals surface area contributed by atoms with Gasteiger partial charge < -0.3 is 0 Å². The van der Waals surface area contributed by atoms with Gasteiger partial charge in [0.1, 0.15) is 0 Å². The van der Waals surface area contributed by atoms with Crippen molar-refractivity contribution in [2.24, 2.45) is 0 Å². The van der Waals surface area contributed by atoms with Gasteiger partial charge in [0.2, 0.25) is 0 Å². The molecule has 0 spiro atoms. The van der Waals surface area contributed by atoms with Crippen molar-refractivity contribution in [2.75, 3.05) is 0 Å². The molecular formula is C22H16Cl2N4O. The van der Waals surface area contributed by atoms with Crippen molar-refractivity contribution < 1.29 is 4.79 Å². The lowest BCUT2D eigenvalue weighted by atomic mass is 9.83. The van der Waals surface area contributed by atoms with Gasteiger partial charge in [-0.1, -0.05) is 47.5 Å². The summed E-state index contributed by atoms with van der Waals surface area (Å²) in [5, 5.41) is 14.7. The summed E-state index contributed by atoms with van der Waals surface area (Å²) in [5.41, 5.74) is 5.57. The quantitative estimate of drug-likeness (QED) is 0.438. The van der Waals surface area contributed by atoms with Crippen molar-refractivity contribution in [1.82, 2.24) is 19.8 Å². The molecular weight excluding hydrogens is 407 g/mol. The predicted molar refractivity (Wildman–Crippen MR) is 113 cm³/mol. The number of aromatic nitrogens is 4. The Kier molecular flexibility index (Phi) is 4.37. The monoisotopic (exact) mass is 422 g/mol. The minimum absolute atomic E-state index is 0.0215. The number of Topliss-reactive ketones (excluding diaryl/α,β-unsaturated/α-hetero) is 1. The summed E-state index contributed by atoms with van der Waals surface area (Å²) < 4.78 is 1.77. The molecule has 1 aliphatic carbocycles. The van der Waals surface area contributed by atoms with Crippen LogP contribution in [0.3, 0.4) is 0 Å². The molecule has 0 saturated carbocycles. The molecule has 1 aliphatic rings. The Labute approximate surface area is 177 Å². The van der Waals surface area contributed by atoms with Gasteiger partial charge in [-0.15, -0.1) is 10.2 Å². The van der Waals surface area contributed by atoms with Crippen LogP contribution in [0.4, 0.5) is 0 Å². The molecule has 5 nitrogen and oxygen atoms in total. The molecule has 144 valence electrons. The van der Waals surface area contributed by atoms with Gasteiger partial charge in [-0.05, 0) is 54.7 Å². The molecule has 29 heavy (non-hydrogen) atoms. The second-order valence-corrected chi connectivity index (χ2v) is 8.15. The predicted octanol–water partition coefficient (Wildman–Crippen LogP) is 5.32. The van der Waals surface area contributed by atoms with E-state index >= 15 is 0 Å². The van der Waals surface area contributed by atoms with E-state index in [0.717, 1.165) is 28.1 Å². The van der Waals surface area contributed by atoms with Crippen LogP contribution in [-0.4, -0.2) is 25.6 Å². The van der Waals surface area contributed by atoms with Gasteiger partial charge in [0, 0.05) is 16.5 Å². The van der Waals surface area contributed by atoms with E-state index in [1.54, 1.807) is 4.52 Å². The minimum atomic E-state index is -0.0215. The van der Waals surface area contributed by atoms with Crippen LogP contribution in [0.25, 0.3) is 16.8 Å². The van der Waals surface area contributed by atoms with E-state index in [4.69, 9.17) is 28.3 Å². The Morgan fingerprint density at radius 2 is 1.79 bits per heavy atom. The van der Waals surface area contributed by atoms with Gasteiger partial charge in [0.15, 0.2) is 17.1 Å². The van der Waals surface area contributed by atoms with E-state index < -0.39 is 0 Å². The largest absolute Gasteiger partial charge is 0.292 e. The van der Waals surface area contributed by atoms with Gasteiger partial charge >= 0.3 is 0 Å². The number of halogens is 2. The molecule has 1 atom stereocenters. The van der Waals surface area contributed by atoms with E-state index in [-0.39, 0.29) is 11.7 Å². The van der Waals surface area contributed by atoms with Crippen LogP contribution < -0.4 is 0 Å². The van der Waals surface area contributed by atoms with Crippen LogP contribution >= 0.6 is 23.2 Å². The highest BCUT2D eigenvalue weighted by Gasteiger charge is 2.31. The molecule has 2 heterocycles. The van der Waals surface area contributed by atoms with Crippen molar-refractivity contribution in [3.63, 3.8) is 0 Å². The number of aryl methyl sites for hydroxylation is 1. The third-order valence-corrected chi connectivity index (χ3v) is 5.89. The van der Waals surface area contributed by atoms with Crippen molar-refractivity contribution in [1.29, 1.82) is 0 Å². The molecule has 0 aliphatic heterocycles. The molecule has 0 fully saturated rings. The van der Waals surface area contributed by atoms with Crippen molar-refractivity contribution in [3.8, 4) is 11.1 Å². The Bertz CT molecular complexity index is 1260. The summed E-state index contributed by atoms with van der Waals surface area (Å²) in [4.78, 5) is 12.8. The fraction of sp³-hybridized carbons (Fsp3) is 0.182. The molecule has 2 aromatic heterocycles. The fourth-order valence-corrected chi connectivity index (χ4v) is 4.35. The third-order valence-electron chi connectivity index (χ3n) is 5.40. The first-order valence-electron chi connectivity index (χ1n) is 9.31. The second kappa shape index (κ2) is 6.94. The van der Waals surface area contributed by atoms with Gasteiger partial charge in [0.25, 0.3) is 0 Å². The number of rotatable bonds is 2. The van der Waals surface area contributed by atoms with Crippen LogP contribution in [0.5, 0.6) is 0 Å². The maximum Gasteiger partial charge on any atom is 0.185 e. The number of hydrogen-bond acceptors (Lipinski definition) is 4. The maximum atomic E-state index is 12.8. The standard InChI is InChI=1S/C22H16Cl2N4O/c1-12-20(13-5-7-16(23)8-6-13)22-26-25-21-18(28(22)27-12)10-15(11-19(21)29)14-3-2-4-17(24)9-14/h2-9,15H,10-11H2,1H3. The second-order valence-electron chi connectivity index (χ2n) is 7.28. The van der Waals surface area contributed by atoms with Crippen molar-refractivity contribution in [3.05, 3.63) is 81.2 Å². The average molecular weight is 423 g/mol. The van der Waals surface area contributed by atoms with Crippen molar-refractivity contribution >= 4 is 34.6 Å². The van der Waals surface area contributed by atoms with Crippen LogP contribution in [0.1, 0.15) is 39.8 Å². The highest BCUT2D eigenvalue weighted by atomic mass is 35.5. The van der Waals surface area contributed by atoms with Crippen LogP contribution in [0, 0.1) is 6.92 Å². The highest BCUT2D eigenvalue weighted by molar-refractivity contribution is 6.30. The maximum absolute atomic E-state index is 12.8. The average Bonchev–Trinajstić information content (AvgIpc) is 3.05. The minimum Gasteiger partial charge on any atom is -0.292 e. The summed E-state index contributed by atoms with van der Waals surface area (Å²) in [6.07, 6.45) is 1.03. The van der Waals surface area contributed by atoms with E-state index in [1.807, 2.05) is 55.5 Å². The van der Waals surface area contributed by atoms with E-state index in [1.165, 1.54) is 0 Å². The number of carbonyl (C=O) groups is 1. The Morgan fingerprint density at radius 3 is 2.55 bits per heavy atom. The highest BCUT2D eigenvalue weighted by Crippen LogP contribution is 2.35. The first kappa shape index (κ1) is 18.3. The van der Waals surface area contributed by atoms with E-state index in [9.17, 15) is 4.79 Å². The molecule has 1 unspecified atom stereocenters. The number of ketones is 1. The van der Waals surface area contributed by atoms with Crippen LogP contribution in [0.15, 0.2) is 48.5 Å². The molecule has 0 saturated heterocycles. The van der Waals surface area contributed by atoms with Gasteiger partial charge in [-0.2, -0.15) is 5.10 Å². The van der Waals surface area contributed by atoms with Gasteiger partial charge in [0.05, 0.1) is 17.0 Å². The third kappa shape index (κ3) is 3.11. The Hall–Kier alpha value is -2.76. The summed E-state index contributed by atoms with van der Waals surface area (Å²) in [7, 11) is 0. The first-order valence-corrected chi connectivity index (χ1v) is 10.1. The summed E-state index contributed by atoms with van der Waals surface area (Å²) >= 11 is 12.2. The molecule has 5 rings (SSSR count). The Morgan fingerprint density at radius 1 is 1.00 bits per heavy atom. The summed E-state index contributed by atoms with van der Waals surface area (Å²) in [5.74, 6) is 0.0106. The lowest BCUT2D eigenvalue weighted by molar-refractivity contribution is 0.0955. The smallest absolute Gasteiger partial charge is 0.185 e. The van der Waals surface area contributed by atoms with Crippen LogP contribution in [0.2, 0.25) is 10.0 Å². The van der Waals surface area contributed by atoms with E-state index in [2.05, 4.69) is 10.2 Å². The zero-order chi connectivity index (χ0) is 20.1.